The summed E-state index contributed by atoms with van der Waals surface area (Å²) < 4.78 is 0. The molecule has 2 aromatic rings. The van der Waals surface area contributed by atoms with Crippen molar-refractivity contribution in [3.05, 3.63) is 53.9 Å². The van der Waals surface area contributed by atoms with E-state index in [-0.39, 0.29) is 5.91 Å². The molecule has 1 aliphatic rings. The Kier molecular flexibility index (Phi) is 7.16. The molecule has 0 unspecified atom stereocenters. The number of benzene rings is 1. The fourth-order valence-electron chi connectivity index (χ4n) is 3.37. The second-order valence-corrected chi connectivity index (χ2v) is 7.07. The second-order valence-electron chi connectivity index (χ2n) is 7.07. The lowest BCUT2D eigenvalue weighted by molar-refractivity contribution is -0.121. The van der Waals surface area contributed by atoms with Gasteiger partial charge in [0.2, 0.25) is 11.9 Å². The van der Waals surface area contributed by atoms with Crippen molar-refractivity contribution < 1.29 is 4.79 Å². The summed E-state index contributed by atoms with van der Waals surface area (Å²) in [6.45, 7) is 7.77. The molecule has 0 atom stereocenters. The Morgan fingerprint density at radius 3 is 2.63 bits per heavy atom. The normalized spacial score (nSPS) is 14.9. The van der Waals surface area contributed by atoms with E-state index in [1.807, 2.05) is 12.1 Å². The Morgan fingerprint density at radius 2 is 1.89 bits per heavy atom. The number of amides is 1. The van der Waals surface area contributed by atoms with Crippen LogP contribution in [0.3, 0.4) is 0 Å². The molecule has 27 heavy (non-hydrogen) atoms. The van der Waals surface area contributed by atoms with Gasteiger partial charge in [-0.3, -0.25) is 9.69 Å². The molecule has 0 aliphatic carbocycles. The quantitative estimate of drug-likeness (QED) is 0.724. The van der Waals surface area contributed by atoms with Crippen molar-refractivity contribution in [2.45, 2.75) is 26.2 Å². The van der Waals surface area contributed by atoms with Crippen LogP contribution in [-0.2, 0) is 11.2 Å². The summed E-state index contributed by atoms with van der Waals surface area (Å²) in [4.78, 5) is 25.3. The van der Waals surface area contributed by atoms with Gasteiger partial charge in [0.25, 0.3) is 0 Å². The number of aromatic nitrogens is 2. The lowest BCUT2D eigenvalue weighted by Crippen LogP contribution is -2.47. The van der Waals surface area contributed by atoms with Crippen LogP contribution in [0.1, 0.15) is 24.0 Å². The van der Waals surface area contributed by atoms with Crippen molar-refractivity contribution in [3.8, 4) is 0 Å². The van der Waals surface area contributed by atoms with Crippen molar-refractivity contribution in [1.82, 2.24) is 20.2 Å². The third-order valence-electron chi connectivity index (χ3n) is 4.90. The van der Waals surface area contributed by atoms with E-state index in [1.165, 1.54) is 11.1 Å². The Bertz CT molecular complexity index is 714. The third-order valence-corrected chi connectivity index (χ3v) is 4.90. The highest BCUT2D eigenvalue weighted by Gasteiger charge is 2.18. The molecule has 1 N–H and O–H groups in total. The zero-order chi connectivity index (χ0) is 18.9. The lowest BCUT2D eigenvalue weighted by atomic mass is 10.1. The van der Waals surface area contributed by atoms with E-state index in [0.717, 1.165) is 58.1 Å². The zero-order valence-corrected chi connectivity index (χ0v) is 16.1. The van der Waals surface area contributed by atoms with Crippen LogP contribution < -0.4 is 10.2 Å². The number of nitrogens with zero attached hydrogens (tertiary/aromatic N) is 4. The molecule has 1 aliphatic heterocycles. The van der Waals surface area contributed by atoms with Gasteiger partial charge in [-0.25, -0.2) is 9.97 Å². The van der Waals surface area contributed by atoms with Crippen LogP contribution in [-0.4, -0.2) is 60.0 Å². The molecule has 6 nitrogen and oxygen atoms in total. The third kappa shape index (κ3) is 6.32. The van der Waals surface area contributed by atoms with E-state index in [2.05, 4.69) is 50.2 Å². The van der Waals surface area contributed by atoms with Gasteiger partial charge >= 0.3 is 0 Å². The second kappa shape index (κ2) is 10.0. The summed E-state index contributed by atoms with van der Waals surface area (Å²) in [5.41, 5.74) is 2.47. The van der Waals surface area contributed by atoms with Crippen molar-refractivity contribution in [2.75, 3.05) is 44.2 Å². The predicted molar refractivity (Wildman–Crippen MR) is 108 cm³/mol. The number of anilines is 1. The molecule has 2 heterocycles. The van der Waals surface area contributed by atoms with E-state index < -0.39 is 0 Å². The number of carbonyl (C=O) groups is 1. The molecular formula is C21H29N5O. The van der Waals surface area contributed by atoms with Gasteiger partial charge in [0, 0.05) is 51.5 Å². The molecule has 144 valence electrons. The molecule has 0 saturated carbocycles. The zero-order valence-electron chi connectivity index (χ0n) is 16.1. The largest absolute Gasteiger partial charge is 0.356 e. The highest BCUT2D eigenvalue weighted by molar-refractivity contribution is 5.76. The maximum absolute atomic E-state index is 12.0. The highest BCUT2D eigenvalue weighted by Crippen LogP contribution is 2.10. The van der Waals surface area contributed by atoms with Crippen LogP contribution >= 0.6 is 0 Å². The van der Waals surface area contributed by atoms with Gasteiger partial charge in [-0.1, -0.05) is 29.8 Å². The maximum atomic E-state index is 12.0. The summed E-state index contributed by atoms with van der Waals surface area (Å²) in [5, 5.41) is 3.05. The molecule has 1 fully saturated rings. The van der Waals surface area contributed by atoms with E-state index >= 15 is 0 Å². The van der Waals surface area contributed by atoms with Crippen LogP contribution in [0.25, 0.3) is 0 Å². The topological polar surface area (TPSA) is 61.4 Å². The summed E-state index contributed by atoms with van der Waals surface area (Å²) >= 11 is 0. The Labute approximate surface area is 161 Å². The van der Waals surface area contributed by atoms with Gasteiger partial charge in [0.1, 0.15) is 0 Å². The first-order valence-electron chi connectivity index (χ1n) is 9.77. The minimum absolute atomic E-state index is 0.141. The van der Waals surface area contributed by atoms with E-state index in [1.54, 1.807) is 12.4 Å². The SMILES string of the molecule is Cc1cccc(CCC(=O)NCCCN2CCN(c3ncccn3)CC2)c1. The predicted octanol–water partition coefficient (Wildman–Crippen LogP) is 2.05. The van der Waals surface area contributed by atoms with Gasteiger partial charge in [-0.05, 0) is 37.9 Å². The standard InChI is InChI=1S/C21H29N5O/c1-18-5-2-6-19(17-18)7-8-20(27)22-11-4-12-25-13-15-26(16-14-25)21-23-9-3-10-24-21/h2-3,5-6,9-10,17H,4,7-8,11-16H2,1H3,(H,22,27). The summed E-state index contributed by atoms with van der Waals surface area (Å²) in [5.74, 6) is 0.959. The highest BCUT2D eigenvalue weighted by atomic mass is 16.1. The first-order valence-corrected chi connectivity index (χ1v) is 9.77. The number of nitrogens with one attached hydrogen (secondary N) is 1. The summed E-state index contributed by atoms with van der Waals surface area (Å²) in [7, 11) is 0. The van der Waals surface area contributed by atoms with Crippen LogP contribution in [0.2, 0.25) is 0 Å². The fraction of sp³-hybridized carbons (Fsp3) is 0.476. The average Bonchev–Trinajstić information content (AvgIpc) is 2.71. The first kappa shape index (κ1) is 19.3. The molecule has 1 saturated heterocycles. The van der Waals surface area contributed by atoms with E-state index in [9.17, 15) is 4.79 Å². The molecule has 1 aromatic heterocycles. The van der Waals surface area contributed by atoms with Crippen LogP contribution in [0.15, 0.2) is 42.7 Å². The van der Waals surface area contributed by atoms with Crippen molar-refractivity contribution in [2.24, 2.45) is 0 Å². The summed E-state index contributed by atoms with van der Waals surface area (Å²) in [6.07, 6.45) is 5.92. The molecular weight excluding hydrogens is 338 g/mol. The molecule has 0 bridgehead atoms. The number of rotatable bonds is 8. The van der Waals surface area contributed by atoms with Crippen molar-refractivity contribution in [1.29, 1.82) is 0 Å². The smallest absolute Gasteiger partial charge is 0.225 e. The van der Waals surface area contributed by atoms with Gasteiger partial charge in [-0.2, -0.15) is 0 Å². The van der Waals surface area contributed by atoms with E-state index in [4.69, 9.17) is 0 Å². The van der Waals surface area contributed by atoms with Crippen LogP contribution in [0, 0.1) is 6.92 Å². The number of piperazine rings is 1. The fourth-order valence-corrected chi connectivity index (χ4v) is 3.37. The monoisotopic (exact) mass is 367 g/mol. The molecule has 3 rings (SSSR count). The Morgan fingerprint density at radius 1 is 1.11 bits per heavy atom. The van der Waals surface area contributed by atoms with Crippen molar-refractivity contribution >= 4 is 11.9 Å². The number of carbonyl (C=O) groups excluding carboxylic acids is 1. The van der Waals surface area contributed by atoms with Crippen LogP contribution in [0.4, 0.5) is 5.95 Å². The first-order chi connectivity index (χ1) is 13.2. The molecule has 1 amide bonds. The molecule has 0 spiro atoms. The van der Waals surface area contributed by atoms with Crippen LogP contribution in [0.5, 0.6) is 0 Å². The minimum Gasteiger partial charge on any atom is -0.356 e. The Balaban J connectivity index is 1.27. The minimum atomic E-state index is 0.141. The van der Waals surface area contributed by atoms with Gasteiger partial charge in [-0.15, -0.1) is 0 Å². The Hall–Kier alpha value is -2.47. The van der Waals surface area contributed by atoms with E-state index in [0.29, 0.717) is 6.42 Å². The molecule has 0 radical (unpaired) electrons. The maximum Gasteiger partial charge on any atom is 0.225 e. The number of hydrogen-bond acceptors (Lipinski definition) is 5. The summed E-state index contributed by atoms with van der Waals surface area (Å²) in [6, 6.07) is 10.2. The number of hydrogen-bond donors (Lipinski definition) is 1. The number of aryl methyl sites for hydroxylation is 2. The molecule has 1 aromatic carbocycles. The van der Waals surface area contributed by atoms with Crippen molar-refractivity contribution in [3.63, 3.8) is 0 Å². The van der Waals surface area contributed by atoms with Gasteiger partial charge in [0.15, 0.2) is 0 Å². The van der Waals surface area contributed by atoms with Gasteiger partial charge < -0.3 is 10.2 Å². The molecule has 6 heteroatoms. The average molecular weight is 367 g/mol. The lowest BCUT2D eigenvalue weighted by Gasteiger charge is -2.34. The van der Waals surface area contributed by atoms with Gasteiger partial charge in [0.05, 0.1) is 0 Å².